The molecule has 1 rings (SSSR count). The second-order valence-electron chi connectivity index (χ2n) is 4.29. The van der Waals surface area contributed by atoms with Crippen molar-refractivity contribution in [2.24, 2.45) is 5.73 Å². The number of rotatable bonds is 8. The molecule has 0 heterocycles. The van der Waals surface area contributed by atoms with Gasteiger partial charge in [0.1, 0.15) is 0 Å². The first-order valence-electron chi connectivity index (χ1n) is 6.39. The average molecular weight is 270 g/mol. The Kier molecular flexibility index (Phi) is 6.32. The summed E-state index contributed by atoms with van der Waals surface area (Å²) >= 11 is 0. The predicted octanol–water partition coefficient (Wildman–Crippen LogP) is 1.66. The highest BCUT2D eigenvalue weighted by molar-refractivity contribution is 7.89. The van der Waals surface area contributed by atoms with Crippen LogP contribution in [0.2, 0.25) is 0 Å². The van der Waals surface area contributed by atoms with E-state index >= 15 is 0 Å². The van der Waals surface area contributed by atoms with E-state index in [2.05, 4.69) is 11.6 Å². The van der Waals surface area contributed by atoms with Crippen LogP contribution in [0.25, 0.3) is 0 Å². The minimum absolute atomic E-state index is 0.329. The highest BCUT2D eigenvalue weighted by atomic mass is 32.2. The number of aryl methyl sites for hydroxylation is 1. The van der Waals surface area contributed by atoms with Crippen LogP contribution >= 0.6 is 0 Å². The molecule has 5 heteroatoms. The van der Waals surface area contributed by atoms with Crippen molar-refractivity contribution in [2.75, 3.05) is 13.1 Å². The molecular formula is C13H22N2O2S. The Balaban J connectivity index is 2.61. The normalized spacial score (nSPS) is 11.7. The van der Waals surface area contributed by atoms with Crippen molar-refractivity contribution in [3.05, 3.63) is 29.8 Å². The van der Waals surface area contributed by atoms with E-state index in [1.54, 1.807) is 12.1 Å². The van der Waals surface area contributed by atoms with Crippen LogP contribution in [0.5, 0.6) is 0 Å². The number of benzene rings is 1. The van der Waals surface area contributed by atoms with Crippen LogP contribution in [0.4, 0.5) is 0 Å². The Morgan fingerprint density at radius 3 is 2.39 bits per heavy atom. The van der Waals surface area contributed by atoms with E-state index in [1.807, 2.05) is 12.1 Å². The maximum atomic E-state index is 11.9. The lowest BCUT2D eigenvalue weighted by Crippen LogP contribution is -2.25. The van der Waals surface area contributed by atoms with Crippen LogP contribution in [0.3, 0.4) is 0 Å². The van der Waals surface area contributed by atoms with Crippen molar-refractivity contribution in [1.82, 2.24) is 4.72 Å². The molecule has 0 fully saturated rings. The number of nitrogens with one attached hydrogen (secondary N) is 1. The van der Waals surface area contributed by atoms with Crippen LogP contribution < -0.4 is 10.5 Å². The third kappa shape index (κ3) is 4.76. The summed E-state index contributed by atoms with van der Waals surface area (Å²) in [6.07, 6.45) is 3.63. The molecule has 0 atom stereocenters. The van der Waals surface area contributed by atoms with Crippen molar-refractivity contribution < 1.29 is 8.42 Å². The lowest BCUT2D eigenvalue weighted by Gasteiger charge is -2.07. The number of hydrogen-bond acceptors (Lipinski definition) is 3. The van der Waals surface area contributed by atoms with Crippen molar-refractivity contribution in [3.63, 3.8) is 0 Å². The summed E-state index contributed by atoms with van der Waals surface area (Å²) in [5.41, 5.74) is 6.52. The smallest absolute Gasteiger partial charge is 0.240 e. The van der Waals surface area contributed by atoms with Gasteiger partial charge in [0.2, 0.25) is 10.0 Å². The molecule has 0 aliphatic rings. The van der Waals surface area contributed by atoms with Gasteiger partial charge in [-0.2, -0.15) is 0 Å². The van der Waals surface area contributed by atoms with Crippen LogP contribution in [0.15, 0.2) is 29.2 Å². The van der Waals surface area contributed by atoms with E-state index in [4.69, 9.17) is 5.73 Å². The molecule has 0 aromatic heterocycles. The molecule has 18 heavy (non-hydrogen) atoms. The van der Waals surface area contributed by atoms with Gasteiger partial charge >= 0.3 is 0 Å². The molecule has 3 N–H and O–H groups in total. The van der Waals surface area contributed by atoms with Gasteiger partial charge in [-0.3, -0.25) is 0 Å². The molecule has 1 aromatic carbocycles. The van der Waals surface area contributed by atoms with Gasteiger partial charge in [-0.1, -0.05) is 25.5 Å². The van der Waals surface area contributed by atoms with Crippen molar-refractivity contribution >= 4 is 10.0 Å². The van der Waals surface area contributed by atoms with Crippen molar-refractivity contribution in [3.8, 4) is 0 Å². The molecule has 1 aromatic rings. The van der Waals surface area contributed by atoms with E-state index in [1.165, 1.54) is 5.56 Å². The first kappa shape index (κ1) is 15.1. The van der Waals surface area contributed by atoms with Crippen LogP contribution in [0, 0.1) is 0 Å². The molecule has 0 aliphatic heterocycles. The minimum Gasteiger partial charge on any atom is -0.330 e. The monoisotopic (exact) mass is 270 g/mol. The van der Waals surface area contributed by atoms with E-state index in [9.17, 15) is 8.42 Å². The fourth-order valence-electron chi connectivity index (χ4n) is 1.68. The molecule has 0 unspecified atom stereocenters. The van der Waals surface area contributed by atoms with E-state index in [0.717, 1.165) is 25.7 Å². The lowest BCUT2D eigenvalue weighted by molar-refractivity contribution is 0.577. The zero-order chi connectivity index (χ0) is 13.4. The minimum atomic E-state index is -3.36. The number of sulfonamides is 1. The van der Waals surface area contributed by atoms with Crippen LogP contribution in [-0.2, 0) is 16.4 Å². The molecule has 102 valence electrons. The SMILES string of the molecule is CCCc1ccc(S(=O)(=O)NCCCCN)cc1. The van der Waals surface area contributed by atoms with Crippen molar-refractivity contribution in [2.45, 2.75) is 37.5 Å². The number of hydrogen-bond donors (Lipinski definition) is 2. The predicted molar refractivity (Wildman–Crippen MR) is 73.9 cm³/mol. The lowest BCUT2D eigenvalue weighted by atomic mass is 10.1. The van der Waals surface area contributed by atoms with Gasteiger partial charge < -0.3 is 5.73 Å². The number of nitrogens with two attached hydrogens (primary N) is 1. The largest absolute Gasteiger partial charge is 0.330 e. The number of unbranched alkanes of at least 4 members (excludes halogenated alkanes) is 1. The van der Waals surface area contributed by atoms with Crippen LogP contribution in [0.1, 0.15) is 31.7 Å². The molecule has 4 nitrogen and oxygen atoms in total. The Morgan fingerprint density at radius 1 is 1.17 bits per heavy atom. The summed E-state index contributed by atoms with van der Waals surface area (Å²) < 4.78 is 26.4. The maximum Gasteiger partial charge on any atom is 0.240 e. The van der Waals surface area contributed by atoms with Crippen molar-refractivity contribution in [1.29, 1.82) is 0 Å². The molecule has 0 spiro atoms. The fourth-order valence-corrected chi connectivity index (χ4v) is 2.76. The molecule has 0 saturated heterocycles. The summed E-state index contributed by atoms with van der Waals surface area (Å²) in [6, 6.07) is 7.07. The third-order valence-corrected chi connectivity index (χ3v) is 4.17. The third-order valence-electron chi connectivity index (χ3n) is 2.70. The Morgan fingerprint density at radius 2 is 1.83 bits per heavy atom. The standard InChI is InChI=1S/C13H22N2O2S/c1-2-5-12-6-8-13(9-7-12)18(16,17)15-11-4-3-10-14/h6-9,15H,2-5,10-11,14H2,1H3. The first-order chi connectivity index (χ1) is 8.60. The zero-order valence-corrected chi connectivity index (χ0v) is 11.7. The highest BCUT2D eigenvalue weighted by Crippen LogP contribution is 2.11. The molecule has 0 radical (unpaired) electrons. The van der Waals surface area contributed by atoms with Gasteiger partial charge in [0.25, 0.3) is 0 Å². The summed E-state index contributed by atoms with van der Waals surface area (Å²) in [5, 5.41) is 0. The van der Waals surface area contributed by atoms with Crippen LogP contribution in [-0.4, -0.2) is 21.5 Å². The second kappa shape index (κ2) is 7.51. The summed E-state index contributed by atoms with van der Waals surface area (Å²) in [6.45, 7) is 3.13. The Labute approximate surface area is 110 Å². The Bertz CT molecular complexity index is 441. The van der Waals surface area contributed by atoms with Gasteiger partial charge in [0.05, 0.1) is 4.90 Å². The Hall–Kier alpha value is -0.910. The average Bonchev–Trinajstić information content (AvgIpc) is 2.36. The van der Waals surface area contributed by atoms with E-state index in [-0.39, 0.29) is 0 Å². The quantitative estimate of drug-likeness (QED) is 0.706. The van der Waals surface area contributed by atoms with Gasteiger partial charge in [0, 0.05) is 6.54 Å². The molecular weight excluding hydrogens is 248 g/mol. The van der Waals surface area contributed by atoms with Gasteiger partial charge in [-0.25, -0.2) is 13.1 Å². The van der Waals surface area contributed by atoms with E-state index < -0.39 is 10.0 Å². The topological polar surface area (TPSA) is 72.2 Å². The summed E-state index contributed by atoms with van der Waals surface area (Å²) in [4.78, 5) is 0.329. The highest BCUT2D eigenvalue weighted by Gasteiger charge is 2.12. The molecule has 0 bridgehead atoms. The maximum absolute atomic E-state index is 11.9. The fraction of sp³-hybridized carbons (Fsp3) is 0.538. The van der Waals surface area contributed by atoms with Gasteiger partial charge in [-0.05, 0) is 43.5 Å². The van der Waals surface area contributed by atoms with Gasteiger partial charge in [-0.15, -0.1) is 0 Å². The first-order valence-corrected chi connectivity index (χ1v) is 7.87. The molecule has 0 aliphatic carbocycles. The summed E-state index contributed by atoms with van der Waals surface area (Å²) in [5.74, 6) is 0. The van der Waals surface area contributed by atoms with E-state index in [0.29, 0.717) is 18.0 Å². The molecule has 0 amide bonds. The summed E-state index contributed by atoms with van der Waals surface area (Å²) in [7, 11) is -3.36. The molecule has 0 saturated carbocycles. The zero-order valence-electron chi connectivity index (χ0n) is 10.9. The van der Waals surface area contributed by atoms with Gasteiger partial charge in [0.15, 0.2) is 0 Å². The second-order valence-corrected chi connectivity index (χ2v) is 6.05.